The van der Waals surface area contributed by atoms with Gasteiger partial charge in [-0.2, -0.15) is 9.97 Å². The fourth-order valence-electron chi connectivity index (χ4n) is 12.9. The van der Waals surface area contributed by atoms with E-state index in [-0.39, 0.29) is 46.8 Å². The number of phenolic OH excluding ortho intramolecular Hbond substituents is 1. The highest BCUT2D eigenvalue weighted by atomic mass is 19.1. The van der Waals surface area contributed by atoms with E-state index in [2.05, 4.69) is 35.2 Å². The largest absolute Gasteiger partial charge is 0.508 e. The van der Waals surface area contributed by atoms with Crippen molar-refractivity contribution >= 4 is 45.0 Å². The number of hydrogen-bond acceptors (Lipinski definition) is 12. The number of carbonyl (C=O) groups is 2. The quantitative estimate of drug-likeness (QED) is 0.0947. The predicted molar refractivity (Wildman–Crippen MR) is 252 cm³/mol. The number of hydrogen-bond donors (Lipinski definition) is 3. The van der Waals surface area contributed by atoms with E-state index in [0.717, 1.165) is 84.3 Å². The van der Waals surface area contributed by atoms with E-state index >= 15 is 17.6 Å². The van der Waals surface area contributed by atoms with Crippen LogP contribution < -0.4 is 25.2 Å². The number of piperazine rings is 2. The maximum Gasteiger partial charge on any atom is 0.319 e. The average molecular weight is 948 g/mol. The Bertz CT molecular complexity index is 2840. The van der Waals surface area contributed by atoms with Crippen molar-refractivity contribution in [3.63, 3.8) is 0 Å². The van der Waals surface area contributed by atoms with Crippen molar-refractivity contribution in [2.45, 2.75) is 88.8 Å². The minimum Gasteiger partial charge on any atom is -0.508 e. The number of amides is 2. The number of anilines is 2. The number of piperidine rings is 1. The van der Waals surface area contributed by atoms with Crippen LogP contribution in [0.2, 0.25) is 0 Å². The Balaban J connectivity index is 0.708. The van der Waals surface area contributed by atoms with Crippen LogP contribution >= 0.6 is 0 Å². The van der Waals surface area contributed by atoms with Crippen LogP contribution in [0.5, 0.6) is 11.8 Å². The second kappa shape index (κ2) is 17.3. The summed E-state index contributed by atoms with van der Waals surface area (Å²) < 4.78 is 69.6. The molecular formula is C52H57F4N9O4. The molecule has 0 spiro atoms. The molecular weight excluding hydrogens is 891 g/mol. The molecule has 2 aromatic heterocycles. The monoisotopic (exact) mass is 947 g/mol. The number of imide groups is 1. The highest BCUT2D eigenvalue weighted by Gasteiger charge is 2.47. The molecule has 0 radical (unpaired) electrons. The number of pyridine rings is 1. The molecule has 12 rings (SSSR count). The van der Waals surface area contributed by atoms with Crippen LogP contribution in [0.3, 0.4) is 0 Å². The molecule has 5 aromatic rings. The SMILES string of the molecule is CCc1c(F)ccc2cc(O)cc(-c3ncc4c(N5CC6CCC(C5)N6)nc(OCC5(CN6CCN(C7C[C@@H]8CN(c9cc(F)c(C%10CCC(=O)NC%10=O)c(F)c9)C[C@@H]8C7)CC6)CC5)nc4c3F)c12. The fourth-order valence-corrected chi connectivity index (χ4v) is 12.9. The Hall–Kier alpha value is -5.65. The molecule has 2 aliphatic carbocycles. The van der Waals surface area contributed by atoms with Gasteiger partial charge in [-0.05, 0) is 110 Å². The van der Waals surface area contributed by atoms with E-state index in [1.807, 2.05) is 6.92 Å². The third-order valence-corrected chi connectivity index (χ3v) is 16.6. The number of aryl methyl sites for hydroxylation is 1. The summed E-state index contributed by atoms with van der Waals surface area (Å²) in [5, 5.41) is 18.2. The molecule has 5 aliphatic heterocycles. The van der Waals surface area contributed by atoms with Crippen LogP contribution in [-0.4, -0.2) is 125 Å². The van der Waals surface area contributed by atoms with E-state index in [4.69, 9.17) is 14.7 Å². The van der Waals surface area contributed by atoms with Crippen molar-refractivity contribution in [3.8, 4) is 23.0 Å². The van der Waals surface area contributed by atoms with Gasteiger partial charge in [0.2, 0.25) is 11.8 Å². The zero-order valence-corrected chi connectivity index (χ0v) is 38.8. The first kappa shape index (κ1) is 44.6. The Morgan fingerprint density at radius 3 is 2.26 bits per heavy atom. The molecule has 3 N–H and O–H groups in total. The van der Waals surface area contributed by atoms with Gasteiger partial charge in [0.1, 0.15) is 40.2 Å². The Kier molecular flexibility index (Phi) is 11.2. The minimum absolute atomic E-state index is 0.0238. The predicted octanol–water partition coefficient (Wildman–Crippen LogP) is 6.82. The second-order valence-corrected chi connectivity index (χ2v) is 21.0. The van der Waals surface area contributed by atoms with E-state index in [1.54, 1.807) is 18.3 Å². The summed E-state index contributed by atoms with van der Waals surface area (Å²) in [6.45, 7) is 9.83. The average Bonchev–Trinajstić information content (AvgIpc) is 3.59. The van der Waals surface area contributed by atoms with Crippen LogP contribution in [0.1, 0.15) is 75.3 Å². The Morgan fingerprint density at radius 1 is 0.855 bits per heavy atom. The highest BCUT2D eigenvalue weighted by molar-refractivity contribution is 6.02. The molecule has 2 bridgehead atoms. The van der Waals surface area contributed by atoms with E-state index in [9.17, 15) is 14.7 Å². The van der Waals surface area contributed by atoms with Crippen LogP contribution in [0.4, 0.5) is 29.1 Å². The minimum atomic E-state index is -1.01. The lowest BCUT2D eigenvalue weighted by Crippen LogP contribution is -2.51. The van der Waals surface area contributed by atoms with Crippen molar-refractivity contribution in [2.24, 2.45) is 17.3 Å². The van der Waals surface area contributed by atoms with Crippen molar-refractivity contribution < 1.29 is 37.0 Å². The number of benzene rings is 3. The van der Waals surface area contributed by atoms with Gasteiger partial charge in [-0.15, -0.1) is 0 Å². The maximum absolute atomic E-state index is 17.2. The number of phenols is 1. The van der Waals surface area contributed by atoms with Crippen molar-refractivity contribution in [2.75, 3.05) is 75.3 Å². The summed E-state index contributed by atoms with van der Waals surface area (Å²) in [4.78, 5) is 47.7. The standard InChI is InChI=1S/C52H57F4N9O4/c1-2-36-40(53)7-3-28-17-35(66)20-38(44(28)36)47-46(56)48-39(21-57-47)49(65-24-31-4-5-32(25-65)58-31)61-51(60-48)69-27-52(9-10-52)26-62-11-13-63(14-12-62)33-15-29-22-64(23-30(29)16-33)34-18-41(54)45(42(55)19-34)37-6-8-43(67)59-50(37)68/h3,7,17-21,29-33,37,58,66H,2,4-6,8-16,22-27H2,1H3,(H,59,67,68)/t29-,30+,31?,32?,33?,37?. The van der Waals surface area contributed by atoms with Crippen molar-refractivity contribution in [1.29, 1.82) is 0 Å². The fraction of sp³-hybridized carbons (Fsp3) is 0.519. The van der Waals surface area contributed by atoms with Gasteiger partial charge in [0.25, 0.3) is 0 Å². The third kappa shape index (κ3) is 8.21. The number of carbonyl (C=O) groups excluding carboxylic acids is 2. The third-order valence-electron chi connectivity index (χ3n) is 16.6. The lowest BCUT2D eigenvalue weighted by molar-refractivity contribution is -0.134. The van der Waals surface area contributed by atoms with Crippen molar-refractivity contribution in [3.05, 3.63) is 77.0 Å². The molecule has 13 nitrogen and oxygen atoms in total. The summed E-state index contributed by atoms with van der Waals surface area (Å²) in [5.41, 5.74) is 0.945. The van der Waals surface area contributed by atoms with Crippen LogP contribution in [-0.2, 0) is 16.0 Å². The number of halogens is 4. The Labute approximate surface area is 397 Å². The second-order valence-electron chi connectivity index (χ2n) is 21.0. The van der Waals surface area contributed by atoms with Crippen LogP contribution in [0.25, 0.3) is 32.9 Å². The van der Waals surface area contributed by atoms with Crippen molar-refractivity contribution in [1.82, 2.24) is 35.4 Å². The smallest absolute Gasteiger partial charge is 0.319 e. The summed E-state index contributed by atoms with van der Waals surface area (Å²) in [6.07, 6.45) is 8.34. The lowest BCUT2D eigenvalue weighted by atomic mass is 9.89. The van der Waals surface area contributed by atoms with E-state index < -0.39 is 41.0 Å². The zero-order chi connectivity index (χ0) is 47.3. The van der Waals surface area contributed by atoms with E-state index in [0.29, 0.717) is 94.9 Å². The highest BCUT2D eigenvalue weighted by Crippen LogP contribution is 2.48. The molecule has 362 valence electrons. The molecule has 5 saturated heterocycles. The van der Waals surface area contributed by atoms with Gasteiger partial charge in [0.05, 0.1) is 17.9 Å². The number of rotatable bonds is 11. The number of nitrogens with zero attached hydrogens (tertiary/aromatic N) is 7. The molecule has 2 amide bonds. The maximum atomic E-state index is 17.2. The van der Waals surface area contributed by atoms with Gasteiger partial charge in [0, 0.05) is 112 Å². The molecule has 4 unspecified atom stereocenters. The van der Waals surface area contributed by atoms with Gasteiger partial charge < -0.3 is 29.9 Å². The Morgan fingerprint density at radius 2 is 1.58 bits per heavy atom. The lowest BCUT2D eigenvalue weighted by Gasteiger charge is -2.40. The molecule has 2 saturated carbocycles. The first-order chi connectivity index (χ1) is 33.4. The molecule has 6 atom stereocenters. The number of fused-ring (bicyclic) bond motifs is 5. The zero-order valence-electron chi connectivity index (χ0n) is 38.8. The van der Waals surface area contributed by atoms with Crippen LogP contribution in [0, 0.1) is 40.5 Å². The number of aromatic hydroxyl groups is 1. The van der Waals surface area contributed by atoms with Gasteiger partial charge in [-0.25, -0.2) is 17.6 Å². The van der Waals surface area contributed by atoms with E-state index in [1.165, 1.54) is 24.3 Å². The number of aromatic nitrogens is 3. The normalized spacial score (nSPS) is 26.9. The first-order valence-electron chi connectivity index (χ1n) is 24.9. The van der Waals surface area contributed by atoms with Gasteiger partial charge in [0.15, 0.2) is 5.82 Å². The summed E-state index contributed by atoms with van der Waals surface area (Å²) in [5.74, 6) is -3.27. The molecule has 7 heterocycles. The number of nitrogens with one attached hydrogen (secondary N) is 2. The molecule has 17 heteroatoms. The van der Waals surface area contributed by atoms with Gasteiger partial charge in [-0.3, -0.25) is 24.8 Å². The summed E-state index contributed by atoms with van der Waals surface area (Å²) in [7, 11) is 0. The molecule has 69 heavy (non-hydrogen) atoms. The first-order valence-corrected chi connectivity index (χ1v) is 24.9. The molecule has 7 fully saturated rings. The van der Waals surface area contributed by atoms with Crippen LogP contribution in [0.15, 0.2) is 42.6 Å². The summed E-state index contributed by atoms with van der Waals surface area (Å²) in [6, 6.07) is 9.83. The number of ether oxygens (including phenoxy) is 1. The molecule has 7 aliphatic rings. The summed E-state index contributed by atoms with van der Waals surface area (Å²) >= 11 is 0. The van der Waals surface area contributed by atoms with Gasteiger partial charge >= 0.3 is 6.01 Å². The van der Waals surface area contributed by atoms with Gasteiger partial charge in [-0.1, -0.05) is 13.0 Å². The molecule has 3 aromatic carbocycles. The topological polar surface area (TPSA) is 139 Å².